The molecule has 1 atom stereocenters. The Morgan fingerprint density at radius 2 is 2.15 bits per heavy atom. The van der Waals surface area contributed by atoms with Gasteiger partial charge in [-0.3, -0.25) is 9.59 Å². The van der Waals surface area contributed by atoms with Crippen molar-refractivity contribution < 1.29 is 19.1 Å². The number of benzene rings is 1. The van der Waals surface area contributed by atoms with Gasteiger partial charge in [-0.1, -0.05) is 6.07 Å². The highest BCUT2D eigenvalue weighted by Crippen LogP contribution is 2.33. The summed E-state index contributed by atoms with van der Waals surface area (Å²) in [6.45, 7) is 4.02. The smallest absolute Gasteiger partial charge is 0.255 e. The number of rotatable bonds is 4. The van der Waals surface area contributed by atoms with Gasteiger partial charge in [0.1, 0.15) is 5.82 Å². The van der Waals surface area contributed by atoms with Gasteiger partial charge in [-0.2, -0.15) is 0 Å². The van der Waals surface area contributed by atoms with Crippen molar-refractivity contribution >= 4 is 45.6 Å². The summed E-state index contributed by atoms with van der Waals surface area (Å²) >= 11 is 3.31. The molecule has 0 unspecified atom stereocenters. The number of halogens is 2. The summed E-state index contributed by atoms with van der Waals surface area (Å²) in [6, 6.07) is 5.00. The van der Waals surface area contributed by atoms with Crippen LogP contribution in [0.1, 0.15) is 49.4 Å². The minimum atomic E-state index is -0.512. The van der Waals surface area contributed by atoms with Crippen molar-refractivity contribution in [3.8, 4) is 0 Å². The standard InChI is InChI=1S/C19H19FINO3S/c1-10-17(19(25)22-6-5-14(24)9-22)16(26-18(10)11(2)23)7-12-3-4-13(21)8-15(12)20/h3-4,8,14,24H,5-7,9H2,1-2H3/t14-/m0/s1. The van der Waals surface area contributed by atoms with Crippen molar-refractivity contribution in [2.45, 2.75) is 32.8 Å². The highest BCUT2D eigenvalue weighted by molar-refractivity contribution is 14.1. The van der Waals surface area contributed by atoms with Crippen LogP contribution in [-0.2, 0) is 6.42 Å². The molecule has 7 heteroatoms. The van der Waals surface area contributed by atoms with Crippen molar-refractivity contribution in [3.63, 3.8) is 0 Å². The number of carbonyl (C=O) groups is 2. The second-order valence-electron chi connectivity index (χ2n) is 6.52. The number of hydrogen-bond acceptors (Lipinski definition) is 4. The summed E-state index contributed by atoms with van der Waals surface area (Å²) in [4.78, 5) is 27.8. The van der Waals surface area contributed by atoms with Crippen LogP contribution in [0.5, 0.6) is 0 Å². The molecule has 4 nitrogen and oxygen atoms in total. The van der Waals surface area contributed by atoms with E-state index in [1.807, 2.05) is 28.7 Å². The Labute approximate surface area is 169 Å². The molecule has 0 bridgehead atoms. The van der Waals surface area contributed by atoms with E-state index in [9.17, 15) is 19.1 Å². The second-order valence-corrected chi connectivity index (χ2v) is 8.87. The molecule has 1 aromatic carbocycles. The lowest BCUT2D eigenvalue weighted by Gasteiger charge is -2.17. The molecule has 1 saturated heterocycles. The first kappa shape index (κ1) is 19.4. The van der Waals surface area contributed by atoms with E-state index in [2.05, 4.69) is 0 Å². The minimum Gasteiger partial charge on any atom is -0.391 e. The molecule has 0 radical (unpaired) electrons. The molecule has 1 amide bonds. The SMILES string of the molecule is CC(=O)c1sc(Cc2ccc(I)cc2F)c(C(=O)N2CC[C@H](O)C2)c1C. The predicted molar refractivity (Wildman–Crippen MR) is 108 cm³/mol. The lowest BCUT2D eigenvalue weighted by molar-refractivity contribution is 0.0764. The third-order valence-electron chi connectivity index (χ3n) is 4.57. The van der Waals surface area contributed by atoms with Crippen molar-refractivity contribution in [2.75, 3.05) is 13.1 Å². The van der Waals surface area contributed by atoms with Gasteiger partial charge >= 0.3 is 0 Å². The molecule has 1 aliphatic rings. The maximum atomic E-state index is 14.3. The first-order chi connectivity index (χ1) is 12.3. The zero-order chi connectivity index (χ0) is 19.0. The fraction of sp³-hybridized carbons (Fsp3) is 0.368. The summed E-state index contributed by atoms with van der Waals surface area (Å²) in [7, 11) is 0. The number of thiophene rings is 1. The van der Waals surface area contributed by atoms with E-state index < -0.39 is 6.10 Å². The van der Waals surface area contributed by atoms with Crippen LogP contribution in [0.25, 0.3) is 0 Å². The second kappa shape index (κ2) is 7.74. The molecule has 1 aliphatic heterocycles. The van der Waals surface area contributed by atoms with Gasteiger partial charge in [-0.25, -0.2) is 4.39 Å². The highest BCUT2D eigenvalue weighted by Gasteiger charge is 2.31. The van der Waals surface area contributed by atoms with Crippen molar-refractivity contribution in [1.29, 1.82) is 0 Å². The van der Waals surface area contributed by atoms with Crippen molar-refractivity contribution in [3.05, 3.63) is 54.0 Å². The number of ketones is 1. The van der Waals surface area contributed by atoms with Gasteiger partial charge in [0.25, 0.3) is 5.91 Å². The van der Waals surface area contributed by atoms with E-state index in [1.54, 1.807) is 17.9 Å². The Morgan fingerprint density at radius 3 is 2.73 bits per heavy atom. The normalized spacial score (nSPS) is 17.0. The molecule has 0 saturated carbocycles. The van der Waals surface area contributed by atoms with E-state index >= 15 is 0 Å². The lowest BCUT2D eigenvalue weighted by Crippen LogP contribution is -2.30. The Hall–Kier alpha value is -1.32. The Morgan fingerprint density at radius 1 is 1.42 bits per heavy atom. The zero-order valence-electron chi connectivity index (χ0n) is 14.5. The maximum Gasteiger partial charge on any atom is 0.255 e. The summed E-state index contributed by atoms with van der Waals surface area (Å²) in [5.41, 5.74) is 1.62. The largest absolute Gasteiger partial charge is 0.391 e. The van der Waals surface area contributed by atoms with E-state index in [0.717, 1.165) is 3.57 Å². The van der Waals surface area contributed by atoms with Crippen LogP contribution in [0.2, 0.25) is 0 Å². The molecule has 0 aliphatic carbocycles. The molecule has 3 rings (SSSR count). The third kappa shape index (κ3) is 3.84. The van der Waals surface area contributed by atoms with Crippen LogP contribution in [0.15, 0.2) is 18.2 Å². The van der Waals surface area contributed by atoms with E-state index in [4.69, 9.17) is 0 Å². The van der Waals surface area contributed by atoms with E-state index in [-0.39, 0.29) is 23.9 Å². The van der Waals surface area contributed by atoms with Crippen LogP contribution < -0.4 is 0 Å². The van der Waals surface area contributed by atoms with Gasteiger partial charge in [-0.15, -0.1) is 11.3 Å². The molecule has 2 heterocycles. The topological polar surface area (TPSA) is 57.6 Å². The highest BCUT2D eigenvalue weighted by atomic mass is 127. The van der Waals surface area contributed by atoms with Crippen LogP contribution in [0, 0.1) is 16.3 Å². The molecular weight excluding hydrogens is 468 g/mol. The number of aliphatic hydroxyl groups excluding tert-OH is 1. The number of nitrogens with zero attached hydrogens (tertiary/aromatic N) is 1. The first-order valence-corrected chi connectivity index (χ1v) is 10.2. The van der Waals surface area contributed by atoms with Crippen LogP contribution in [-0.4, -0.2) is 40.9 Å². The monoisotopic (exact) mass is 487 g/mol. The van der Waals surface area contributed by atoms with Crippen LogP contribution in [0.4, 0.5) is 4.39 Å². The minimum absolute atomic E-state index is 0.0997. The lowest BCUT2D eigenvalue weighted by atomic mass is 10.0. The van der Waals surface area contributed by atoms with Crippen molar-refractivity contribution in [2.24, 2.45) is 0 Å². The average molecular weight is 487 g/mol. The quantitative estimate of drug-likeness (QED) is 0.528. The molecule has 1 fully saturated rings. The van der Waals surface area contributed by atoms with Crippen LogP contribution >= 0.6 is 33.9 Å². The number of carbonyl (C=O) groups excluding carboxylic acids is 2. The average Bonchev–Trinajstić information content (AvgIpc) is 3.13. The Kier molecular flexibility index (Phi) is 5.78. The van der Waals surface area contributed by atoms with Crippen molar-refractivity contribution in [1.82, 2.24) is 4.90 Å². The fourth-order valence-electron chi connectivity index (χ4n) is 3.24. The Balaban J connectivity index is 2.02. The number of likely N-dealkylation sites (tertiary alicyclic amines) is 1. The third-order valence-corrected chi connectivity index (χ3v) is 6.63. The maximum absolute atomic E-state index is 14.3. The van der Waals surface area contributed by atoms with Gasteiger partial charge in [0, 0.05) is 28.0 Å². The number of β-amino-alcohol motifs (C(OH)–C–C–N with tert-alkyl or cyclic N) is 1. The summed E-state index contributed by atoms with van der Waals surface area (Å²) in [5, 5.41) is 9.73. The van der Waals surface area contributed by atoms with Gasteiger partial charge in [0.05, 0.1) is 16.5 Å². The van der Waals surface area contributed by atoms with Gasteiger partial charge in [-0.05, 0) is 66.1 Å². The number of aliphatic hydroxyl groups is 1. The summed E-state index contributed by atoms with van der Waals surface area (Å²) < 4.78 is 15.1. The Bertz CT molecular complexity index is 880. The molecule has 138 valence electrons. The number of amides is 1. The fourth-order valence-corrected chi connectivity index (χ4v) is 4.90. The van der Waals surface area contributed by atoms with E-state index in [0.29, 0.717) is 46.0 Å². The molecule has 2 aromatic rings. The zero-order valence-corrected chi connectivity index (χ0v) is 17.5. The molecule has 1 N–H and O–H groups in total. The van der Waals surface area contributed by atoms with Gasteiger partial charge in [0.2, 0.25) is 0 Å². The van der Waals surface area contributed by atoms with Gasteiger partial charge < -0.3 is 10.0 Å². The number of Topliss-reactive ketones (excluding diaryl/α,β-unsaturated/α-hetero) is 1. The van der Waals surface area contributed by atoms with Gasteiger partial charge in [0.15, 0.2) is 5.78 Å². The molecular formula is C19H19FINO3S. The summed E-state index contributed by atoms with van der Waals surface area (Å²) in [6.07, 6.45) is 0.302. The first-order valence-electron chi connectivity index (χ1n) is 8.32. The molecule has 26 heavy (non-hydrogen) atoms. The van der Waals surface area contributed by atoms with Crippen LogP contribution in [0.3, 0.4) is 0 Å². The summed E-state index contributed by atoms with van der Waals surface area (Å²) in [5.74, 6) is -0.608. The molecule has 1 aromatic heterocycles. The molecule has 0 spiro atoms. The number of hydrogen-bond donors (Lipinski definition) is 1. The van der Waals surface area contributed by atoms with E-state index in [1.165, 1.54) is 24.3 Å². The predicted octanol–water partition coefficient (Wildman–Crippen LogP) is 3.80.